The van der Waals surface area contributed by atoms with E-state index in [-0.39, 0.29) is 5.95 Å². The summed E-state index contributed by atoms with van der Waals surface area (Å²) in [6.45, 7) is 2.18. The summed E-state index contributed by atoms with van der Waals surface area (Å²) in [6.07, 6.45) is 4.10. The van der Waals surface area contributed by atoms with E-state index in [1.165, 1.54) is 19.0 Å². The Bertz CT molecular complexity index is 357. The minimum atomic E-state index is 0.214. The average molecular weight is 243 g/mol. The Morgan fingerprint density at radius 2 is 2.38 bits per heavy atom. The van der Waals surface area contributed by atoms with Gasteiger partial charge in [0, 0.05) is 13.2 Å². The Balaban J connectivity index is 1.69. The second kappa shape index (κ2) is 5.32. The second-order valence-electron chi connectivity index (χ2n) is 3.87. The SMILES string of the molecule is Nc1ncc(Cl)c(NCCOCC2CC2)n1. The van der Waals surface area contributed by atoms with Gasteiger partial charge < -0.3 is 15.8 Å². The molecule has 1 saturated carbocycles. The zero-order valence-electron chi connectivity index (χ0n) is 8.95. The molecule has 16 heavy (non-hydrogen) atoms. The van der Waals surface area contributed by atoms with Crippen molar-refractivity contribution in [3.63, 3.8) is 0 Å². The molecular weight excluding hydrogens is 228 g/mol. The molecule has 5 nitrogen and oxygen atoms in total. The third-order valence-corrected chi connectivity index (χ3v) is 2.63. The van der Waals surface area contributed by atoms with Gasteiger partial charge in [-0.25, -0.2) is 4.98 Å². The highest BCUT2D eigenvalue weighted by atomic mass is 35.5. The van der Waals surface area contributed by atoms with Crippen LogP contribution in [0.25, 0.3) is 0 Å². The maximum Gasteiger partial charge on any atom is 0.222 e. The molecule has 3 N–H and O–H groups in total. The molecule has 1 heterocycles. The fourth-order valence-corrected chi connectivity index (χ4v) is 1.44. The van der Waals surface area contributed by atoms with Crippen LogP contribution < -0.4 is 11.1 Å². The Morgan fingerprint density at radius 3 is 3.12 bits per heavy atom. The van der Waals surface area contributed by atoms with Crippen LogP contribution in [0.3, 0.4) is 0 Å². The Morgan fingerprint density at radius 1 is 1.56 bits per heavy atom. The molecule has 1 aromatic heterocycles. The van der Waals surface area contributed by atoms with Crippen molar-refractivity contribution in [2.75, 3.05) is 30.8 Å². The van der Waals surface area contributed by atoms with Gasteiger partial charge >= 0.3 is 0 Å². The summed E-state index contributed by atoms with van der Waals surface area (Å²) in [5, 5.41) is 3.53. The van der Waals surface area contributed by atoms with Crippen molar-refractivity contribution < 1.29 is 4.74 Å². The summed E-state index contributed by atoms with van der Waals surface area (Å²) in [5.41, 5.74) is 5.45. The highest BCUT2D eigenvalue weighted by Gasteiger charge is 2.20. The topological polar surface area (TPSA) is 73.1 Å². The quantitative estimate of drug-likeness (QED) is 0.741. The molecule has 1 fully saturated rings. The molecule has 0 bridgehead atoms. The van der Waals surface area contributed by atoms with Crippen molar-refractivity contribution in [1.82, 2.24) is 9.97 Å². The van der Waals surface area contributed by atoms with Gasteiger partial charge in [0.15, 0.2) is 5.82 Å². The van der Waals surface area contributed by atoms with E-state index in [0.717, 1.165) is 12.5 Å². The lowest BCUT2D eigenvalue weighted by Gasteiger charge is -2.07. The van der Waals surface area contributed by atoms with Crippen LogP contribution in [-0.2, 0) is 4.74 Å². The van der Waals surface area contributed by atoms with Gasteiger partial charge in [0.1, 0.15) is 5.02 Å². The Kier molecular flexibility index (Phi) is 3.79. The number of ether oxygens (including phenoxy) is 1. The fourth-order valence-electron chi connectivity index (χ4n) is 1.28. The minimum absolute atomic E-state index is 0.214. The van der Waals surface area contributed by atoms with Gasteiger partial charge in [-0.2, -0.15) is 4.98 Å². The average Bonchev–Trinajstić information content (AvgIpc) is 3.06. The highest BCUT2D eigenvalue weighted by molar-refractivity contribution is 6.32. The lowest BCUT2D eigenvalue weighted by atomic mass is 10.5. The van der Waals surface area contributed by atoms with Crippen molar-refractivity contribution >= 4 is 23.4 Å². The number of halogens is 1. The smallest absolute Gasteiger partial charge is 0.222 e. The summed E-state index contributed by atoms with van der Waals surface area (Å²) in [5.74, 6) is 1.56. The molecule has 1 aliphatic carbocycles. The molecular formula is C10H15ClN4O. The van der Waals surface area contributed by atoms with Crippen molar-refractivity contribution in [1.29, 1.82) is 0 Å². The van der Waals surface area contributed by atoms with E-state index in [4.69, 9.17) is 22.1 Å². The van der Waals surface area contributed by atoms with Gasteiger partial charge in [0.05, 0.1) is 12.8 Å². The first-order chi connectivity index (χ1) is 7.75. The van der Waals surface area contributed by atoms with Crippen LogP contribution in [0, 0.1) is 5.92 Å². The number of hydrogen-bond donors (Lipinski definition) is 2. The maximum absolute atomic E-state index is 5.89. The van der Waals surface area contributed by atoms with Crippen molar-refractivity contribution in [2.24, 2.45) is 5.92 Å². The molecule has 1 aromatic rings. The molecule has 0 spiro atoms. The predicted octanol–water partition coefficient (Wildman–Crippen LogP) is 1.55. The molecule has 0 atom stereocenters. The van der Waals surface area contributed by atoms with Crippen LogP contribution in [0.5, 0.6) is 0 Å². The van der Waals surface area contributed by atoms with Crippen LogP contribution in [0.15, 0.2) is 6.20 Å². The molecule has 1 aliphatic rings. The summed E-state index contributed by atoms with van der Waals surface area (Å²) in [6, 6.07) is 0. The summed E-state index contributed by atoms with van der Waals surface area (Å²) >= 11 is 5.89. The number of nitrogens with zero attached hydrogens (tertiary/aromatic N) is 2. The van der Waals surface area contributed by atoms with E-state index < -0.39 is 0 Å². The zero-order valence-corrected chi connectivity index (χ0v) is 9.70. The van der Waals surface area contributed by atoms with Crippen molar-refractivity contribution in [3.8, 4) is 0 Å². The van der Waals surface area contributed by atoms with E-state index in [0.29, 0.717) is 24.0 Å². The molecule has 6 heteroatoms. The van der Waals surface area contributed by atoms with Gasteiger partial charge in [-0.05, 0) is 18.8 Å². The van der Waals surface area contributed by atoms with Crippen molar-refractivity contribution in [2.45, 2.75) is 12.8 Å². The molecule has 0 amide bonds. The molecule has 2 rings (SSSR count). The largest absolute Gasteiger partial charge is 0.379 e. The van der Waals surface area contributed by atoms with Crippen LogP contribution in [0.4, 0.5) is 11.8 Å². The highest BCUT2D eigenvalue weighted by Crippen LogP contribution is 2.28. The summed E-state index contributed by atoms with van der Waals surface area (Å²) in [4.78, 5) is 7.76. The Labute approximate surface area is 99.4 Å². The number of anilines is 2. The number of aromatic nitrogens is 2. The first-order valence-corrected chi connectivity index (χ1v) is 5.73. The van der Waals surface area contributed by atoms with Gasteiger partial charge in [-0.1, -0.05) is 11.6 Å². The van der Waals surface area contributed by atoms with Gasteiger partial charge in [-0.15, -0.1) is 0 Å². The molecule has 88 valence electrons. The van der Waals surface area contributed by atoms with E-state index >= 15 is 0 Å². The molecule has 0 radical (unpaired) electrons. The third-order valence-electron chi connectivity index (χ3n) is 2.35. The number of nitrogens with one attached hydrogen (secondary N) is 1. The van der Waals surface area contributed by atoms with E-state index in [1.807, 2.05) is 0 Å². The zero-order chi connectivity index (χ0) is 11.4. The van der Waals surface area contributed by atoms with Gasteiger partial charge in [-0.3, -0.25) is 0 Å². The maximum atomic E-state index is 5.89. The predicted molar refractivity (Wildman–Crippen MR) is 63.5 cm³/mol. The van der Waals surface area contributed by atoms with Crippen molar-refractivity contribution in [3.05, 3.63) is 11.2 Å². The third kappa shape index (κ3) is 3.50. The molecule has 0 aromatic carbocycles. The Hall–Kier alpha value is -1.07. The van der Waals surface area contributed by atoms with Gasteiger partial charge in [0.25, 0.3) is 0 Å². The summed E-state index contributed by atoms with van der Waals surface area (Å²) < 4.78 is 5.47. The first kappa shape index (κ1) is 11.4. The monoisotopic (exact) mass is 242 g/mol. The number of hydrogen-bond acceptors (Lipinski definition) is 5. The molecule has 0 aliphatic heterocycles. The lowest BCUT2D eigenvalue weighted by Crippen LogP contribution is -2.12. The van der Waals surface area contributed by atoms with E-state index in [2.05, 4.69) is 15.3 Å². The number of rotatable bonds is 6. The lowest BCUT2D eigenvalue weighted by molar-refractivity contribution is 0.134. The normalized spacial score (nSPS) is 15.1. The first-order valence-electron chi connectivity index (χ1n) is 5.35. The fraction of sp³-hybridized carbons (Fsp3) is 0.600. The molecule has 0 saturated heterocycles. The second-order valence-corrected chi connectivity index (χ2v) is 4.28. The van der Waals surface area contributed by atoms with E-state index in [9.17, 15) is 0 Å². The number of nitrogen functional groups attached to an aromatic ring is 1. The van der Waals surface area contributed by atoms with Crippen LogP contribution in [0.1, 0.15) is 12.8 Å². The van der Waals surface area contributed by atoms with Crippen LogP contribution in [0.2, 0.25) is 5.02 Å². The van der Waals surface area contributed by atoms with E-state index in [1.54, 1.807) is 0 Å². The van der Waals surface area contributed by atoms with Crippen LogP contribution in [-0.4, -0.2) is 29.7 Å². The minimum Gasteiger partial charge on any atom is -0.379 e. The van der Waals surface area contributed by atoms with Crippen LogP contribution >= 0.6 is 11.6 Å². The number of nitrogens with two attached hydrogens (primary N) is 1. The standard InChI is InChI=1S/C10H15ClN4O/c11-8-5-14-10(12)15-9(8)13-3-4-16-6-7-1-2-7/h5,7H,1-4,6H2,(H3,12,13,14,15). The van der Waals surface area contributed by atoms with Gasteiger partial charge in [0.2, 0.25) is 5.95 Å². The molecule has 0 unspecified atom stereocenters. The summed E-state index contributed by atoms with van der Waals surface area (Å²) in [7, 11) is 0.